The molecule has 0 aliphatic rings. The molecule has 4 heterocycles. The van der Waals surface area contributed by atoms with E-state index in [9.17, 15) is 0 Å². The lowest BCUT2D eigenvalue weighted by atomic mass is 9.86. The Hall–Kier alpha value is -8.72. The lowest BCUT2D eigenvalue weighted by Crippen LogP contribution is -2.10. The van der Waals surface area contributed by atoms with Crippen molar-refractivity contribution in [2.45, 2.75) is 26.2 Å². The van der Waals surface area contributed by atoms with Gasteiger partial charge in [-0.15, -0.1) is 0 Å². The van der Waals surface area contributed by atoms with Gasteiger partial charge in [0.2, 0.25) is 0 Å². The number of rotatable bonds is 3. The van der Waals surface area contributed by atoms with Gasteiger partial charge in [-0.2, -0.15) is 0 Å². The third-order valence-electron chi connectivity index (χ3n) is 16.0. The molecule has 0 saturated heterocycles. The lowest BCUT2D eigenvalue weighted by Gasteiger charge is -2.19. The number of benzene rings is 12. The molecule has 0 aliphatic heterocycles. The van der Waals surface area contributed by atoms with Crippen molar-refractivity contribution < 1.29 is 0 Å². The molecule has 12 aromatic carbocycles. The van der Waals surface area contributed by atoms with Gasteiger partial charge in [0.05, 0.1) is 33.1 Å². The van der Waals surface area contributed by atoms with Gasteiger partial charge in [0.25, 0.3) is 0 Å². The molecule has 2 heteroatoms. The second kappa shape index (κ2) is 13.5. The highest BCUT2D eigenvalue weighted by Crippen LogP contribution is 2.48. The van der Waals surface area contributed by atoms with Gasteiger partial charge in [-0.25, -0.2) is 0 Å². The Kier molecular flexibility index (Phi) is 7.38. The Bertz CT molecular complexity index is 4850. The second-order valence-electron chi connectivity index (χ2n) is 20.9. The van der Waals surface area contributed by atoms with Crippen molar-refractivity contribution in [3.63, 3.8) is 0 Å². The first-order valence-corrected chi connectivity index (χ1v) is 24.7. The molecule has 326 valence electrons. The summed E-state index contributed by atoms with van der Waals surface area (Å²) < 4.78 is 5.05. The molecule has 0 atom stereocenters. The Balaban J connectivity index is 0.889. The van der Waals surface area contributed by atoms with Crippen LogP contribution in [0.4, 0.5) is 0 Å². The molecular weight excluding hydrogens is 845 g/mol. The average Bonchev–Trinajstić information content (AvgIpc) is 4.12. The number of aromatic nitrogens is 2. The fraction of sp³-hybridized carbons (Fsp3) is 0.0588. The van der Waals surface area contributed by atoms with Crippen LogP contribution in [0, 0.1) is 0 Å². The number of para-hydroxylation sites is 1. The van der Waals surface area contributed by atoms with Crippen LogP contribution in [-0.4, -0.2) is 8.80 Å². The molecule has 0 radical (unpaired) electrons. The second-order valence-corrected chi connectivity index (χ2v) is 20.9. The van der Waals surface area contributed by atoms with E-state index in [2.05, 4.69) is 242 Å². The van der Waals surface area contributed by atoms with Crippen LogP contribution in [0.5, 0.6) is 0 Å². The molecule has 0 N–H and O–H groups in total. The summed E-state index contributed by atoms with van der Waals surface area (Å²) in [4.78, 5) is 0. The van der Waals surface area contributed by atoms with Crippen LogP contribution >= 0.6 is 0 Å². The zero-order valence-electron chi connectivity index (χ0n) is 39.1. The molecule has 0 amide bonds. The zero-order chi connectivity index (χ0) is 46.1. The molecule has 0 unspecified atom stereocenters. The number of fused-ring (bicyclic) bond motifs is 16. The van der Waals surface area contributed by atoms with Gasteiger partial charge in [-0.1, -0.05) is 166 Å². The van der Waals surface area contributed by atoms with E-state index < -0.39 is 0 Å². The molecule has 4 aromatic heterocycles. The van der Waals surface area contributed by atoms with E-state index in [4.69, 9.17) is 0 Å². The van der Waals surface area contributed by atoms with Crippen molar-refractivity contribution in [2.24, 2.45) is 0 Å². The van der Waals surface area contributed by atoms with Crippen LogP contribution in [0.15, 0.2) is 212 Å². The first-order chi connectivity index (χ1) is 34.3. The van der Waals surface area contributed by atoms with Gasteiger partial charge in [-0.3, -0.25) is 0 Å². The molecule has 0 spiro atoms. The van der Waals surface area contributed by atoms with Crippen LogP contribution in [-0.2, 0) is 5.41 Å². The maximum Gasteiger partial charge on any atom is 0.0620 e. The van der Waals surface area contributed by atoms with Crippen molar-refractivity contribution in [1.29, 1.82) is 0 Å². The van der Waals surface area contributed by atoms with Crippen molar-refractivity contribution in [3.05, 3.63) is 218 Å². The Morgan fingerprint density at radius 2 is 0.714 bits per heavy atom. The molecule has 16 rings (SSSR count). The minimum atomic E-state index is 0.0426. The summed E-state index contributed by atoms with van der Waals surface area (Å²) in [6.45, 7) is 6.94. The smallest absolute Gasteiger partial charge is 0.0620 e. The van der Waals surface area contributed by atoms with Gasteiger partial charge < -0.3 is 8.80 Å². The van der Waals surface area contributed by atoms with Crippen LogP contribution in [0.1, 0.15) is 26.3 Å². The highest BCUT2D eigenvalue weighted by molar-refractivity contribution is 6.28. The summed E-state index contributed by atoms with van der Waals surface area (Å²) in [5.41, 5.74) is 16.6. The van der Waals surface area contributed by atoms with E-state index >= 15 is 0 Å². The van der Waals surface area contributed by atoms with E-state index in [1.165, 1.54) is 158 Å². The third-order valence-corrected chi connectivity index (χ3v) is 16.0. The summed E-state index contributed by atoms with van der Waals surface area (Å²) in [6, 6.07) is 80.5. The minimum Gasteiger partial charge on any atom is -0.308 e. The third kappa shape index (κ3) is 5.07. The normalized spacial score (nSPS) is 12.8. The van der Waals surface area contributed by atoms with E-state index in [-0.39, 0.29) is 5.41 Å². The van der Waals surface area contributed by atoms with Crippen molar-refractivity contribution in [1.82, 2.24) is 8.80 Å². The quantitative estimate of drug-likeness (QED) is 0.156. The fourth-order valence-electron chi connectivity index (χ4n) is 12.8. The number of hydrogen-bond acceptors (Lipinski definition) is 0. The summed E-state index contributed by atoms with van der Waals surface area (Å²) in [6.07, 6.45) is 0. The summed E-state index contributed by atoms with van der Waals surface area (Å²) in [5.74, 6) is 0. The highest BCUT2D eigenvalue weighted by Gasteiger charge is 2.24. The predicted octanol–water partition coefficient (Wildman–Crippen LogP) is 18.9. The van der Waals surface area contributed by atoms with Crippen LogP contribution in [0.25, 0.3) is 153 Å². The van der Waals surface area contributed by atoms with Crippen molar-refractivity contribution >= 4 is 119 Å². The number of hydrogen-bond donors (Lipinski definition) is 0. The largest absolute Gasteiger partial charge is 0.308 e. The van der Waals surface area contributed by atoms with Crippen molar-refractivity contribution in [2.75, 3.05) is 0 Å². The molecule has 0 bridgehead atoms. The van der Waals surface area contributed by atoms with Crippen LogP contribution in [0.3, 0.4) is 0 Å². The first kappa shape index (κ1) is 38.3. The summed E-state index contributed by atoms with van der Waals surface area (Å²) >= 11 is 0. The zero-order valence-corrected chi connectivity index (χ0v) is 39.1. The molecule has 0 aliphatic carbocycles. The van der Waals surface area contributed by atoms with Gasteiger partial charge in [0, 0.05) is 43.1 Å². The average molecular weight is 889 g/mol. The van der Waals surface area contributed by atoms with Gasteiger partial charge in [0.15, 0.2) is 0 Å². The molecule has 0 saturated carbocycles. The molecule has 0 fully saturated rings. The Morgan fingerprint density at radius 1 is 0.257 bits per heavy atom. The maximum absolute atomic E-state index is 2.53. The van der Waals surface area contributed by atoms with Gasteiger partial charge in [0.1, 0.15) is 0 Å². The fourth-order valence-corrected chi connectivity index (χ4v) is 12.8. The topological polar surface area (TPSA) is 8.82 Å². The standard InChI is InChI=1S/C68H44N2/c1-68(2,3)47-27-29-61-57(38-47)59-35-46(34-58-56-31-40-16-7-8-17-41(40)36-63(56)70(61)67(58)59)42-24-25-43-37-62-55(33-45(43)30-42)53-23-13-22-52-54-32-44(26-28-60(54)69(62)66(52)53)65-50-20-11-9-18-48(50)64(39-14-5-4-6-15-39)49-19-10-12-21-51(49)65/h4-38H,1-3H3. The Morgan fingerprint density at radius 3 is 1.36 bits per heavy atom. The van der Waals surface area contributed by atoms with Gasteiger partial charge in [-0.05, 0) is 154 Å². The van der Waals surface area contributed by atoms with Gasteiger partial charge >= 0.3 is 0 Å². The first-order valence-electron chi connectivity index (χ1n) is 24.7. The minimum absolute atomic E-state index is 0.0426. The van der Waals surface area contributed by atoms with E-state index in [1.54, 1.807) is 0 Å². The maximum atomic E-state index is 2.53. The van der Waals surface area contributed by atoms with Crippen molar-refractivity contribution in [3.8, 4) is 33.4 Å². The summed E-state index contributed by atoms with van der Waals surface area (Å²) in [5, 5.41) is 20.5. The van der Waals surface area contributed by atoms with E-state index in [0.29, 0.717) is 0 Å². The Labute approximate surface area is 403 Å². The monoisotopic (exact) mass is 888 g/mol. The van der Waals surface area contributed by atoms with Crippen LogP contribution in [0.2, 0.25) is 0 Å². The molecular formula is C68H44N2. The number of nitrogens with zero attached hydrogens (tertiary/aromatic N) is 2. The lowest BCUT2D eigenvalue weighted by molar-refractivity contribution is 0.591. The molecule has 2 nitrogen and oxygen atoms in total. The molecule has 70 heavy (non-hydrogen) atoms. The summed E-state index contributed by atoms with van der Waals surface area (Å²) in [7, 11) is 0. The van der Waals surface area contributed by atoms with E-state index in [1.807, 2.05) is 0 Å². The van der Waals surface area contributed by atoms with E-state index in [0.717, 1.165) is 0 Å². The molecule has 16 aromatic rings. The SMILES string of the molecule is CC(C)(C)c1ccc2c(c1)c1cc(-c3ccc4cc5c(cc4c3)c3cccc4c6cc(-c7c8ccccc8c(-c8ccccc8)c8ccccc78)ccc6n5c43)cc3c4cc5ccccc5cc4n2c13. The highest BCUT2D eigenvalue weighted by atomic mass is 14.9. The predicted molar refractivity (Wildman–Crippen MR) is 301 cm³/mol. The van der Waals surface area contributed by atoms with Crippen LogP contribution < -0.4 is 0 Å².